The number of benzene rings is 2. The zero-order chi connectivity index (χ0) is 19.8. The van der Waals surface area contributed by atoms with Gasteiger partial charge in [-0.25, -0.2) is 4.98 Å². The van der Waals surface area contributed by atoms with Crippen molar-refractivity contribution in [2.45, 2.75) is 19.3 Å². The molecule has 1 N–H and O–H groups in total. The van der Waals surface area contributed by atoms with E-state index in [9.17, 15) is 4.79 Å². The van der Waals surface area contributed by atoms with E-state index in [1.54, 1.807) is 25.6 Å². The summed E-state index contributed by atoms with van der Waals surface area (Å²) in [5.74, 6) is 1.55. The standard InChI is InChI=1S/C22H24N2O3S/c1-26-18-9-8-17(20(14-18)27-2)12-13-23-21(25)10-11-22-24-19(15-28-22)16-6-4-3-5-7-16/h3-9,14-15H,10-13H2,1-2H3,(H,23,25). The van der Waals surface area contributed by atoms with Crippen LogP contribution in [0.3, 0.4) is 0 Å². The average molecular weight is 397 g/mol. The molecular weight excluding hydrogens is 372 g/mol. The molecule has 1 amide bonds. The molecule has 1 heterocycles. The van der Waals surface area contributed by atoms with E-state index in [0.29, 0.717) is 25.8 Å². The molecule has 0 unspecified atom stereocenters. The van der Waals surface area contributed by atoms with Gasteiger partial charge in [0.05, 0.1) is 24.9 Å². The van der Waals surface area contributed by atoms with Gasteiger partial charge in [-0.3, -0.25) is 4.79 Å². The second-order valence-electron chi connectivity index (χ2n) is 6.27. The number of ether oxygens (including phenoxy) is 2. The van der Waals surface area contributed by atoms with E-state index in [2.05, 4.69) is 10.3 Å². The Morgan fingerprint density at radius 2 is 1.89 bits per heavy atom. The minimum atomic E-state index is 0.0314. The van der Waals surface area contributed by atoms with Crippen LogP contribution in [0, 0.1) is 0 Å². The zero-order valence-corrected chi connectivity index (χ0v) is 16.9. The van der Waals surface area contributed by atoms with Crippen LogP contribution >= 0.6 is 11.3 Å². The van der Waals surface area contributed by atoms with Gasteiger partial charge >= 0.3 is 0 Å². The summed E-state index contributed by atoms with van der Waals surface area (Å²) >= 11 is 1.60. The molecule has 2 aromatic carbocycles. The number of rotatable bonds is 9. The Morgan fingerprint density at radius 3 is 2.64 bits per heavy atom. The van der Waals surface area contributed by atoms with Crippen molar-refractivity contribution in [3.63, 3.8) is 0 Å². The van der Waals surface area contributed by atoms with Gasteiger partial charge in [0.1, 0.15) is 11.5 Å². The zero-order valence-electron chi connectivity index (χ0n) is 16.1. The fourth-order valence-corrected chi connectivity index (χ4v) is 3.68. The van der Waals surface area contributed by atoms with Gasteiger partial charge in [-0.2, -0.15) is 0 Å². The Bertz CT molecular complexity index is 909. The molecule has 6 heteroatoms. The molecule has 28 heavy (non-hydrogen) atoms. The molecule has 0 bridgehead atoms. The number of aromatic nitrogens is 1. The van der Waals surface area contributed by atoms with Crippen molar-refractivity contribution >= 4 is 17.2 Å². The number of nitrogens with zero attached hydrogens (tertiary/aromatic N) is 1. The van der Waals surface area contributed by atoms with Gasteiger partial charge in [-0.1, -0.05) is 36.4 Å². The molecule has 0 radical (unpaired) electrons. The summed E-state index contributed by atoms with van der Waals surface area (Å²) < 4.78 is 10.6. The van der Waals surface area contributed by atoms with Crippen LogP contribution in [0.25, 0.3) is 11.3 Å². The maximum Gasteiger partial charge on any atom is 0.220 e. The molecule has 0 aliphatic carbocycles. The summed E-state index contributed by atoms with van der Waals surface area (Å²) in [6, 6.07) is 15.8. The summed E-state index contributed by atoms with van der Waals surface area (Å²) in [4.78, 5) is 16.8. The Hall–Kier alpha value is -2.86. The lowest BCUT2D eigenvalue weighted by atomic mass is 10.1. The van der Waals surface area contributed by atoms with Crippen molar-refractivity contribution in [1.29, 1.82) is 0 Å². The van der Waals surface area contributed by atoms with Crippen molar-refractivity contribution in [2.24, 2.45) is 0 Å². The predicted molar refractivity (Wildman–Crippen MR) is 112 cm³/mol. The normalized spacial score (nSPS) is 10.5. The SMILES string of the molecule is COc1ccc(CCNC(=O)CCc2nc(-c3ccccc3)cs2)c(OC)c1. The van der Waals surface area contributed by atoms with E-state index >= 15 is 0 Å². The third-order valence-electron chi connectivity index (χ3n) is 4.40. The molecule has 3 aromatic rings. The maximum absolute atomic E-state index is 12.2. The molecular formula is C22H24N2O3S. The quantitative estimate of drug-likeness (QED) is 0.591. The lowest BCUT2D eigenvalue weighted by Crippen LogP contribution is -2.26. The van der Waals surface area contributed by atoms with E-state index in [1.165, 1.54) is 0 Å². The van der Waals surface area contributed by atoms with Crippen LogP contribution < -0.4 is 14.8 Å². The van der Waals surface area contributed by atoms with Gasteiger partial charge in [-0.15, -0.1) is 11.3 Å². The third-order valence-corrected chi connectivity index (χ3v) is 5.31. The monoisotopic (exact) mass is 396 g/mol. The van der Waals surface area contributed by atoms with Gasteiger partial charge in [0, 0.05) is 36.4 Å². The van der Waals surface area contributed by atoms with E-state index in [-0.39, 0.29) is 5.91 Å². The number of methoxy groups -OCH3 is 2. The van der Waals surface area contributed by atoms with Crippen LogP contribution in [0.4, 0.5) is 0 Å². The molecule has 0 spiro atoms. The van der Waals surface area contributed by atoms with Crippen molar-refractivity contribution in [2.75, 3.05) is 20.8 Å². The van der Waals surface area contributed by atoms with Crippen LogP contribution in [0.5, 0.6) is 11.5 Å². The minimum absolute atomic E-state index is 0.0314. The van der Waals surface area contributed by atoms with Gasteiger partial charge < -0.3 is 14.8 Å². The molecule has 1 aromatic heterocycles. The largest absolute Gasteiger partial charge is 0.497 e. The lowest BCUT2D eigenvalue weighted by Gasteiger charge is -2.11. The third kappa shape index (κ3) is 5.33. The molecule has 0 saturated heterocycles. The van der Waals surface area contributed by atoms with Crippen molar-refractivity contribution in [3.05, 3.63) is 64.5 Å². The van der Waals surface area contributed by atoms with E-state index in [0.717, 1.165) is 33.3 Å². The van der Waals surface area contributed by atoms with Gasteiger partial charge in [0.15, 0.2) is 0 Å². The van der Waals surface area contributed by atoms with Crippen LogP contribution in [-0.2, 0) is 17.6 Å². The van der Waals surface area contributed by atoms with Gasteiger partial charge in [0.2, 0.25) is 5.91 Å². The summed E-state index contributed by atoms with van der Waals surface area (Å²) in [5, 5.41) is 5.99. The van der Waals surface area contributed by atoms with Crippen LogP contribution in [0.15, 0.2) is 53.9 Å². The van der Waals surface area contributed by atoms with E-state index < -0.39 is 0 Å². The molecule has 0 aliphatic heterocycles. The van der Waals surface area contributed by atoms with E-state index in [4.69, 9.17) is 9.47 Å². The maximum atomic E-state index is 12.2. The van der Waals surface area contributed by atoms with Crippen molar-refractivity contribution < 1.29 is 14.3 Å². The van der Waals surface area contributed by atoms with E-state index in [1.807, 2.05) is 53.9 Å². The highest BCUT2D eigenvalue weighted by atomic mass is 32.1. The number of thiazole rings is 1. The predicted octanol–water partition coefficient (Wildman–Crippen LogP) is 4.12. The Morgan fingerprint density at radius 1 is 1.07 bits per heavy atom. The average Bonchev–Trinajstić information content (AvgIpc) is 3.22. The van der Waals surface area contributed by atoms with Crippen LogP contribution in [0.2, 0.25) is 0 Å². The number of carbonyl (C=O) groups is 1. The Balaban J connectivity index is 1.45. The van der Waals surface area contributed by atoms with Crippen LogP contribution in [0.1, 0.15) is 17.0 Å². The molecule has 3 rings (SSSR count). The van der Waals surface area contributed by atoms with Gasteiger partial charge in [-0.05, 0) is 18.1 Å². The first kappa shape index (κ1) is 19.9. The summed E-state index contributed by atoms with van der Waals surface area (Å²) in [5.41, 5.74) is 3.10. The molecule has 0 fully saturated rings. The number of hydrogen-bond donors (Lipinski definition) is 1. The summed E-state index contributed by atoms with van der Waals surface area (Å²) in [7, 11) is 3.26. The number of aryl methyl sites for hydroxylation is 1. The van der Waals surface area contributed by atoms with Crippen molar-refractivity contribution in [1.82, 2.24) is 10.3 Å². The molecule has 0 aliphatic rings. The minimum Gasteiger partial charge on any atom is -0.497 e. The smallest absolute Gasteiger partial charge is 0.220 e. The van der Waals surface area contributed by atoms with Crippen molar-refractivity contribution in [3.8, 4) is 22.8 Å². The second kappa shape index (κ2) is 9.90. The summed E-state index contributed by atoms with van der Waals surface area (Å²) in [6.07, 6.45) is 1.78. The highest BCUT2D eigenvalue weighted by molar-refractivity contribution is 7.09. The lowest BCUT2D eigenvalue weighted by molar-refractivity contribution is -0.121. The fraction of sp³-hybridized carbons (Fsp3) is 0.273. The number of nitrogens with one attached hydrogen (secondary N) is 1. The second-order valence-corrected chi connectivity index (χ2v) is 7.21. The molecule has 0 atom stereocenters. The highest BCUT2D eigenvalue weighted by Gasteiger charge is 2.09. The number of hydrogen-bond acceptors (Lipinski definition) is 5. The Kier molecular flexibility index (Phi) is 7.03. The number of carbonyl (C=O) groups excluding carboxylic acids is 1. The van der Waals surface area contributed by atoms with Gasteiger partial charge in [0.25, 0.3) is 0 Å². The molecule has 0 saturated carbocycles. The van der Waals surface area contributed by atoms with Crippen LogP contribution in [-0.4, -0.2) is 31.7 Å². The number of amides is 1. The first-order valence-corrected chi connectivity index (χ1v) is 10.0. The summed E-state index contributed by atoms with van der Waals surface area (Å²) in [6.45, 7) is 0.564. The first-order chi connectivity index (χ1) is 13.7. The fourth-order valence-electron chi connectivity index (χ4n) is 2.87. The molecule has 146 valence electrons. The first-order valence-electron chi connectivity index (χ1n) is 9.17. The highest BCUT2D eigenvalue weighted by Crippen LogP contribution is 2.25. The molecule has 5 nitrogen and oxygen atoms in total. The topological polar surface area (TPSA) is 60.5 Å². The Labute approximate surface area is 169 Å².